The second kappa shape index (κ2) is 9.13. The van der Waals surface area contributed by atoms with E-state index in [-0.39, 0.29) is 11.4 Å². The molecular formula is C24H26N2O3S. The van der Waals surface area contributed by atoms with Crippen LogP contribution in [-0.2, 0) is 21.2 Å². The monoisotopic (exact) mass is 422 g/mol. The van der Waals surface area contributed by atoms with Gasteiger partial charge in [0.1, 0.15) is 6.54 Å². The van der Waals surface area contributed by atoms with Crippen molar-refractivity contribution < 1.29 is 13.2 Å². The average molecular weight is 423 g/mol. The number of hydrogen-bond donors (Lipinski definition) is 1. The van der Waals surface area contributed by atoms with Crippen molar-refractivity contribution in [1.82, 2.24) is 0 Å². The zero-order valence-electron chi connectivity index (χ0n) is 17.4. The number of benzene rings is 3. The lowest BCUT2D eigenvalue weighted by Crippen LogP contribution is -2.38. The van der Waals surface area contributed by atoms with Crippen LogP contribution in [-0.4, -0.2) is 20.9 Å². The Balaban J connectivity index is 1.95. The molecule has 1 N–H and O–H groups in total. The molecule has 0 saturated heterocycles. The fourth-order valence-corrected chi connectivity index (χ4v) is 4.68. The molecule has 3 aromatic rings. The highest BCUT2D eigenvalue weighted by molar-refractivity contribution is 7.92. The van der Waals surface area contributed by atoms with Gasteiger partial charge >= 0.3 is 0 Å². The number of carbonyl (C=O) groups excluding carboxylic acids is 1. The Morgan fingerprint density at radius 3 is 2.20 bits per heavy atom. The van der Waals surface area contributed by atoms with Crippen molar-refractivity contribution in [2.45, 2.75) is 32.1 Å². The summed E-state index contributed by atoms with van der Waals surface area (Å²) >= 11 is 0. The van der Waals surface area contributed by atoms with Crippen molar-refractivity contribution >= 4 is 27.3 Å². The summed E-state index contributed by atoms with van der Waals surface area (Å²) in [6.07, 6.45) is 0.765. The predicted octanol–water partition coefficient (Wildman–Crippen LogP) is 4.70. The maximum absolute atomic E-state index is 13.4. The van der Waals surface area contributed by atoms with E-state index < -0.39 is 15.9 Å². The summed E-state index contributed by atoms with van der Waals surface area (Å²) in [5.74, 6) is -0.390. The van der Waals surface area contributed by atoms with Crippen LogP contribution in [0.5, 0.6) is 0 Å². The Labute approximate surface area is 178 Å². The van der Waals surface area contributed by atoms with Crippen LogP contribution in [0, 0.1) is 13.8 Å². The minimum atomic E-state index is -3.91. The number of para-hydroxylation sites is 2. The molecule has 3 aromatic carbocycles. The molecule has 0 fully saturated rings. The van der Waals surface area contributed by atoms with Crippen molar-refractivity contribution in [1.29, 1.82) is 0 Å². The van der Waals surface area contributed by atoms with E-state index in [4.69, 9.17) is 0 Å². The fraction of sp³-hybridized carbons (Fsp3) is 0.208. The van der Waals surface area contributed by atoms with Gasteiger partial charge in [0.2, 0.25) is 5.91 Å². The number of rotatable bonds is 7. The quantitative estimate of drug-likeness (QED) is 0.600. The molecule has 0 bridgehead atoms. The minimum Gasteiger partial charge on any atom is -0.324 e. The van der Waals surface area contributed by atoms with Gasteiger partial charge in [-0.25, -0.2) is 8.42 Å². The van der Waals surface area contributed by atoms with E-state index in [0.717, 1.165) is 33.1 Å². The highest BCUT2D eigenvalue weighted by atomic mass is 32.2. The molecule has 5 nitrogen and oxygen atoms in total. The van der Waals surface area contributed by atoms with Crippen molar-refractivity contribution in [3.8, 4) is 0 Å². The van der Waals surface area contributed by atoms with Crippen molar-refractivity contribution in [3.05, 3.63) is 89.5 Å². The third-order valence-electron chi connectivity index (χ3n) is 4.94. The summed E-state index contributed by atoms with van der Waals surface area (Å²) in [5, 5.41) is 2.92. The van der Waals surface area contributed by atoms with E-state index in [1.807, 2.05) is 39.0 Å². The van der Waals surface area contributed by atoms with Gasteiger partial charge < -0.3 is 5.32 Å². The summed E-state index contributed by atoms with van der Waals surface area (Å²) in [5.41, 5.74) is 4.09. The number of aryl methyl sites for hydroxylation is 3. The van der Waals surface area contributed by atoms with Crippen LogP contribution < -0.4 is 9.62 Å². The summed E-state index contributed by atoms with van der Waals surface area (Å²) in [7, 11) is -3.91. The molecule has 0 aliphatic rings. The van der Waals surface area contributed by atoms with E-state index in [1.165, 1.54) is 0 Å². The van der Waals surface area contributed by atoms with Crippen molar-refractivity contribution in [2.24, 2.45) is 0 Å². The van der Waals surface area contributed by atoms with Gasteiger partial charge in [-0.15, -0.1) is 0 Å². The van der Waals surface area contributed by atoms with Gasteiger partial charge in [0, 0.05) is 5.69 Å². The molecule has 0 atom stereocenters. The minimum absolute atomic E-state index is 0.148. The smallest absolute Gasteiger partial charge is 0.264 e. The number of carbonyl (C=O) groups is 1. The molecule has 30 heavy (non-hydrogen) atoms. The Morgan fingerprint density at radius 1 is 0.900 bits per heavy atom. The van der Waals surface area contributed by atoms with Crippen LogP contribution >= 0.6 is 0 Å². The molecule has 0 aliphatic carbocycles. The molecule has 0 radical (unpaired) electrons. The number of amides is 1. The molecule has 6 heteroatoms. The van der Waals surface area contributed by atoms with Crippen LogP contribution in [0.2, 0.25) is 0 Å². The normalized spacial score (nSPS) is 11.2. The van der Waals surface area contributed by atoms with Gasteiger partial charge in [-0.3, -0.25) is 9.10 Å². The predicted molar refractivity (Wildman–Crippen MR) is 121 cm³/mol. The summed E-state index contributed by atoms with van der Waals surface area (Å²) in [6, 6.07) is 21.1. The van der Waals surface area contributed by atoms with Crippen LogP contribution in [0.3, 0.4) is 0 Å². The molecule has 156 valence electrons. The first kappa shape index (κ1) is 21.6. The Hall–Kier alpha value is -3.12. The Morgan fingerprint density at radius 2 is 1.57 bits per heavy atom. The zero-order chi connectivity index (χ0) is 21.7. The summed E-state index contributed by atoms with van der Waals surface area (Å²) in [6.45, 7) is 5.51. The molecular weight excluding hydrogens is 396 g/mol. The topological polar surface area (TPSA) is 66.5 Å². The van der Waals surface area contributed by atoms with Gasteiger partial charge in [0.05, 0.1) is 10.6 Å². The lowest BCUT2D eigenvalue weighted by atomic mass is 10.1. The second-order valence-corrected chi connectivity index (χ2v) is 9.03. The number of nitrogens with one attached hydrogen (secondary N) is 1. The molecule has 0 spiro atoms. The standard InChI is InChI=1S/C24H26N2O3S/c1-4-20-10-8-9-19(3)24(20)25-23(27)17-26(21-11-6-5-7-12-21)30(28,29)22-15-13-18(2)14-16-22/h5-16H,4,17H2,1-3H3,(H,25,27). The molecule has 0 unspecified atom stereocenters. The van der Waals surface area contributed by atoms with Crippen molar-refractivity contribution in [2.75, 3.05) is 16.2 Å². The molecule has 3 rings (SSSR count). The third-order valence-corrected chi connectivity index (χ3v) is 6.73. The SMILES string of the molecule is CCc1cccc(C)c1NC(=O)CN(c1ccccc1)S(=O)(=O)c1ccc(C)cc1. The highest BCUT2D eigenvalue weighted by Crippen LogP contribution is 2.25. The van der Waals surface area contributed by atoms with E-state index in [0.29, 0.717) is 5.69 Å². The van der Waals surface area contributed by atoms with Gasteiger partial charge in [0.25, 0.3) is 10.0 Å². The molecule has 0 heterocycles. The maximum Gasteiger partial charge on any atom is 0.264 e. The van der Waals surface area contributed by atoms with Crippen molar-refractivity contribution in [3.63, 3.8) is 0 Å². The summed E-state index contributed by atoms with van der Waals surface area (Å²) < 4.78 is 27.9. The number of anilines is 2. The largest absolute Gasteiger partial charge is 0.324 e. The van der Waals surface area contributed by atoms with E-state index in [1.54, 1.807) is 54.6 Å². The lowest BCUT2D eigenvalue weighted by molar-refractivity contribution is -0.114. The van der Waals surface area contributed by atoms with Gasteiger partial charge in [-0.05, 0) is 55.7 Å². The number of nitrogens with zero attached hydrogens (tertiary/aromatic N) is 1. The van der Waals surface area contributed by atoms with Crippen LogP contribution in [0.4, 0.5) is 11.4 Å². The third kappa shape index (κ3) is 4.71. The average Bonchev–Trinajstić information content (AvgIpc) is 2.74. The van der Waals surface area contributed by atoms with E-state index in [2.05, 4.69) is 5.32 Å². The Kier molecular flexibility index (Phi) is 6.57. The number of sulfonamides is 1. The van der Waals surface area contributed by atoms with Crippen LogP contribution in [0.15, 0.2) is 77.7 Å². The van der Waals surface area contributed by atoms with Gasteiger partial charge in [-0.1, -0.05) is 61.0 Å². The first-order chi connectivity index (χ1) is 14.3. The van der Waals surface area contributed by atoms with Crippen LogP contribution in [0.25, 0.3) is 0 Å². The van der Waals surface area contributed by atoms with E-state index >= 15 is 0 Å². The molecule has 0 aromatic heterocycles. The maximum atomic E-state index is 13.4. The molecule has 1 amide bonds. The number of hydrogen-bond acceptors (Lipinski definition) is 3. The Bertz CT molecular complexity index is 1120. The van der Waals surface area contributed by atoms with Gasteiger partial charge in [-0.2, -0.15) is 0 Å². The molecule has 0 saturated carbocycles. The fourth-order valence-electron chi connectivity index (χ4n) is 3.26. The highest BCUT2D eigenvalue weighted by Gasteiger charge is 2.27. The van der Waals surface area contributed by atoms with E-state index in [9.17, 15) is 13.2 Å². The summed E-state index contributed by atoms with van der Waals surface area (Å²) in [4.78, 5) is 13.1. The van der Waals surface area contributed by atoms with Crippen LogP contribution in [0.1, 0.15) is 23.6 Å². The first-order valence-electron chi connectivity index (χ1n) is 9.85. The first-order valence-corrected chi connectivity index (χ1v) is 11.3. The zero-order valence-corrected chi connectivity index (χ0v) is 18.2. The molecule has 0 aliphatic heterocycles. The van der Waals surface area contributed by atoms with Gasteiger partial charge in [0.15, 0.2) is 0 Å². The second-order valence-electron chi connectivity index (χ2n) is 7.17. The lowest BCUT2D eigenvalue weighted by Gasteiger charge is -2.24.